The van der Waals surface area contributed by atoms with Crippen LogP contribution < -0.4 is 0 Å². The van der Waals surface area contributed by atoms with E-state index in [1.165, 1.54) is 31.2 Å². The number of nitrogens with one attached hydrogen (secondary N) is 1. The number of H-pyrrole nitrogens is 1. The Kier molecular flexibility index (Phi) is 3.65. The Morgan fingerprint density at radius 1 is 1.50 bits per heavy atom. The van der Waals surface area contributed by atoms with Crippen molar-refractivity contribution in [3.63, 3.8) is 0 Å². The summed E-state index contributed by atoms with van der Waals surface area (Å²) in [6, 6.07) is 1.93. The number of aromatic nitrogens is 1. The summed E-state index contributed by atoms with van der Waals surface area (Å²) in [6.45, 7) is 2.25. The number of esters is 1. The second kappa shape index (κ2) is 5.19. The zero-order valence-corrected chi connectivity index (χ0v) is 9.79. The minimum Gasteiger partial charge on any atom is -0.461 e. The molecule has 1 aliphatic carbocycles. The van der Waals surface area contributed by atoms with Crippen LogP contribution in [0.25, 0.3) is 0 Å². The Hall–Kier alpha value is -1.25. The SMILES string of the molecule is CCOC(=O)c1cc(CC2CCCC2)c[nH]1. The molecule has 1 heterocycles. The Morgan fingerprint density at radius 3 is 2.94 bits per heavy atom. The maximum Gasteiger partial charge on any atom is 0.354 e. The first-order valence-electron chi connectivity index (χ1n) is 6.14. The van der Waals surface area contributed by atoms with Gasteiger partial charge in [0.25, 0.3) is 0 Å². The Labute approximate surface area is 96.2 Å². The van der Waals surface area contributed by atoms with Gasteiger partial charge < -0.3 is 9.72 Å². The lowest BCUT2D eigenvalue weighted by Gasteiger charge is -2.05. The summed E-state index contributed by atoms with van der Waals surface area (Å²) in [5.74, 6) is 0.561. The van der Waals surface area contributed by atoms with E-state index in [1.807, 2.05) is 19.2 Å². The van der Waals surface area contributed by atoms with Gasteiger partial charge in [-0.1, -0.05) is 25.7 Å². The largest absolute Gasteiger partial charge is 0.461 e. The highest BCUT2D eigenvalue weighted by atomic mass is 16.5. The van der Waals surface area contributed by atoms with Gasteiger partial charge in [0.05, 0.1) is 6.61 Å². The molecule has 0 atom stereocenters. The van der Waals surface area contributed by atoms with E-state index in [0.29, 0.717) is 12.3 Å². The lowest BCUT2D eigenvalue weighted by Crippen LogP contribution is -2.04. The summed E-state index contributed by atoms with van der Waals surface area (Å²) < 4.78 is 4.94. The summed E-state index contributed by atoms with van der Waals surface area (Å²) in [7, 11) is 0. The van der Waals surface area contributed by atoms with Crippen molar-refractivity contribution in [2.45, 2.75) is 39.0 Å². The van der Waals surface area contributed by atoms with Crippen LogP contribution in [0, 0.1) is 5.92 Å². The smallest absolute Gasteiger partial charge is 0.354 e. The van der Waals surface area contributed by atoms with Crippen LogP contribution in [0.2, 0.25) is 0 Å². The van der Waals surface area contributed by atoms with E-state index in [1.54, 1.807) is 0 Å². The zero-order valence-electron chi connectivity index (χ0n) is 9.79. The van der Waals surface area contributed by atoms with Crippen molar-refractivity contribution in [1.82, 2.24) is 4.98 Å². The third kappa shape index (κ3) is 2.65. The molecule has 3 nitrogen and oxygen atoms in total. The highest BCUT2D eigenvalue weighted by Crippen LogP contribution is 2.28. The van der Waals surface area contributed by atoms with Crippen molar-refractivity contribution in [3.8, 4) is 0 Å². The first kappa shape index (κ1) is 11.2. The Bertz CT molecular complexity index is 351. The van der Waals surface area contributed by atoms with Crippen LogP contribution in [-0.2, 0) is 11.2 Å². The fourth-order valence-corrected chi connectivity index (χ4v) is 2.43. The molecular weight excluding hydrogens is 202 g/mol. The molecule has 0 unspecified atom stereocenters. The topological polar surface area (TPSA) is 42.1 Å². The molecular formula is C13H19NO2. The van der Waals surface area contributed by atoms with Gasteiger partial charge in [0.15, 0.2) is 0 Å². The molecule has 88 valence electrons. The molecule has 0 amide bonds. The second-order valence-corrected chi connectivity index (χ2v) is 4.50. The summed E-state index contributed by atoms with van der Waals surface area (Å²) in [5, 5.41) is 0. The number of hydrogen-bond donors (Lipinski definition) is 1. The van der Waals surface area contributed by atoms with Gasteiger partial charge >= 0.3 is 5.97 Å². The van der Waals surface area contributed by atoms with Crippen LogP contribution in [-0.4, -0.2) is 17.6 Å². The highest BCUT2D eigenvalue weighted by Gasteiger charge is 2.17. The van der Waals surface area contributed by atoms with E-state index in [2.05, 4.69) is 4.98 Å². The summed E-state index contributed by atoms with van der Waals surface area (Å²) in [4.78, 5) is 14.4. The molecule has 1 aromatic rings. The fourth-order valence-electron chi connectivity index (χ4n) is 2.43. The van der Waals surface area contributed by atoms with Crippen molar-refractivity contribution in [3.05, 3.63) is 23.5 Å². The molecule has 16 heavy (non-hydrogen) atoms. The average Bonchev–Trinajstić information content (AvgIpc) is 2.90. The molecule has 1 aromatic heterocycles. The van der Waals surface area contributed by atoms with Crippen molar-refractivity contribution in [2.75, 3.05) is 6.61 Å². The maximum absolute atomic E-state index is 11.4. The van der Waals surface area contributed by atoms with Crippen molar-refractivity contribution in [1.29, 1.82) is 0 Å². The summed E-state index contributed by atoms with van der Waals surface area (Å²) >= 11 is 0. The number of hydrogen-bond acceptors (Lipinski definition) is 2. The minimum atomic E-state index is -0.250. The standard InChI is InChI=1S/C13H19NO2/c1-2-16-13(15)12-8-11(9-14-12)7-10-5-3-4-6-10/h8-10,14H,2-7H2,1H3. The van der Waals surface area contributed by atoms with Gasteiger partial charge in [0, 0.05) is 6.20 Å². The van der Waals surface area contributed by atoms with Gasteiger partial charge in [-0.15, -0.1) is 0 Å². The van der Waals surface area contributed by atoms with Gasteiger partial charge in [-0.25, -0.2) is 4.79 Å². The van der Waals surface area contributed by atoms with Crippen molar-refractivity contribution in [2.24, 2.45) is 5.92 Å². The van der Waals surface area contributed by atoms with Crippen LogP contribution in [0.15, 0.2) is 12.3 Å². The number of carbonyl (C=O) groups is 1. The Balaban J connectivity index is 1.93. The molecule has 0 aromatic carbocycles. The molecule has 0 saturated heterocycles. The van der Waals surface area contributed by atoms with Crippen molar-refractivity contribution >= 4 is 5.97 Å². The predicted molar refractivity (Wildman–Crippen MR) is 62.4 cm³/mol. The number of rotatable bonds is 4. The summed E-state index contributed by atoms with van der Waals surface area (Å²) in [5.41, 5.74) is 1.81. The van der Waals surface area contributed by atoms with E-state index in [-0.39, 0.29) is 5.97 Å². The molecule has 0 radical (unpaired) electrons. The van der Waals surface area contributed by atoms with Gasteiger partial charge in [0.2, 0.25) is 0 Å². The fraction of sp³-hybridized carbons (Fsp3) is 0.615. The molecule has 2 rings (SSSR count). The number of carbonyl (C=O) groups excluding carboxylic acids is 1. The monoisotopic (exact) mass is 221 g/mol. The molecule has 1 saturated carbocycles. The number of ether oxygens (including phenoxy) is 1. The molecule has 0 spiro atoms. The Morgan fingerprint density at radius 2 is 2.25 bits per heavy atom. The van der Waals surface area contributed by atoms with Gasteiger partial charge in [-0.3, -0.25) is 0 Å². The van der Waals surface area contributed by atoms with Crippen LogP contribution in [0.5, 0.6) is 0 Å². The number of aromatic amines is 1. The molecule has 3 heteroatoms. The van der Waals surface area contributed by atoms with Gasteiger partial charge in [-0.2, -0.15) is 0 Å². The second-order valence-electron chi connectivity index (χ2n) is 4.50. The van der Waals surface area contributed by atoms with E-state index in [0.717, 1.165) is 12.3 Å². The van der Waals surface area contributed by atoms with Gasteiger partial charge in [-0.05, 0) is 30.9 Å². The van der Waals surface area contributed by atoms with E-state index >= 15 is 0 Å². The van der Waals surface area contributed by atoms with E-state index in [9.17, 15) is 4.79 Å². The summed E-state index contributed by atoms with van der Waals surface area (Å²) in [6.07, 6.45) is 8.42. The average molecular weight is 221 g/mol. The predicted octanol–water partition coefficient (Wildman–Crippen LogP) is 2.92. The maximum atomic E-state index is 11.4. The lowest BCUT2D eigenvalue weighted by molar-refractivity contribution is 0.0520. The quantitative estimate of drug-likeness (QED) is 0.794. The van der Waals surface area contributed by atoms with Crippen molar-refractivity contribution < 1.29 is 9.53 Å². The highest BCUT2D eigenvalue weighted by molar-refractivity contribution is 5.87. The van der Waals surface area contributed by atoms with Crippen LogP contribution in [0.1, 0.15) is 48.7 Å². The molecule has 0 bridgehead atoms. The molecule has 1 fully saturated rings. The van der Waals surface area contributed by atoms with E-state index in [4.69, 9.17) is 4.74 Å². The lowest BCUT2D eigenvalue weighted by atomic mass is 10.00. The van der Waals surface area contributed by atoms with Crippen LogP contribution in [0.3, 0.4) is 0 Å². The van der Waals surface area contributed by atoms with E-state index < -0.39 is 0 Å². The third-order valence-corrected chi connectivity index (χ3v) is 3.24. The van der Waals surface area contributed by atoms with Crippen LogP contribution in [0.4, 0.5) is 0 Å². The third-order valence-electron chi connectivity index (χ3n) is 3.24. The van der Waals surface area contributed by atoms with Crippen LogP contribution >= 0.6 is 0 Å². The minimum absolute atomic E-state index is 0.250. The first-order chi connectivity index (χ1) is 7.79. The molecule has 1 N–H and O–H groups in total. The van der Waals surface area contributed by atoms with Gasteiger partial charge in [0.1, 0.15) is 5.69 Å². The zero-order chi connectivity index (χ0) is 11.4. The first-order valence-corrected chi connectivity index (χ1v) is 6.14. The molecule has 0 aliphatic heterocycles. The molecule has 1 aliphatic rings. The normalized spacial score (nSPS) is 16.6.